The zero-order valence-corrected chi connectivity index (χ0v) is 13.5. The van der Waals surface area contributed by atoms with Gasteiger partial charge in [-0.15, -0.1) is 0 Å². The Morgan fingerprint density at radius 2 is 2.17 bits per heavy atom. The van der Waals surface area contributed by atoms with Gasteiger partial charge in [-0.25, -0.2) is 4.98 Å². The summed E-state index contributed by atoms with van der Waals surface area (Å²) in [4.78, 5) is 28.5. The highest BCUT2D eigenvalue weighted by Crippen LogP contribution is 2.09. The van der Waals surface area contributed by atoms with Gasteiger partial charge in [-0.2, -0.15) is 0 Å². The third-order valence-corrected chi connectivity index (χ3v) is 4.15. The van der Waals surface area contributed by atoms with E-state index in [1.54, 1.807) is 12.4 Å². The number of imidazole rings is 1. The first kappa shape index (κ1) is 15.7. The summed E-state index contributed by atoms with van der Waals surface area (Å²) in [6, 6.07) is 3.83. The van der Waals surface area contributed by atoms with Crippen LogP contribution in [0, 0.1) is 6.92 Å². The SMILES string of the molecule is Cc1cnc(CN2CCCN(C(=O)Cc3cccnc3)CC2)[nH]1. The van der Waals surface area contributed by atoms with Gasteiger partial charge in [0.1, 0.15) is 5.82 Å². The number of nitrogens with zero attached hydrogens (tertiary/aromatic N) is 4. The molecule has 1 N–H and O–H groups in total. The number of hydrogen-bond acceptors (Lipinski definition) is 4. The van der Waals surface area contributed by atoms with Crippen molar-refractivity contribution in [1.82, 2.24) is 24.8 Å². The van der Waals surface area contributed by atoms with Crippen LogP contribution in [0.1, 0.15) is 23.5 Å². The van der Waals surface area contributed by atoms with E-state index < -0.39 is 0 Å². The first-order chi connectivity index (χ1) is 11.2. The predicted octanol–water partition coefficient (Wildman–Crippen LogP) is 1.39. The topological polar surface area (TPSA) is 65.1 Å². The second-order valence-electron chi connectivity index (χ2n) is 6.06. The molecule has 1 amide bonds. The van der Waals surface area contributed by atoms with Crippen molar-refractivity contribution in [2.24, 2.45) is 0 Å². The quantitative estimate of drug-likeness (QED) is 0.926. The van der Waals surface area contributed by atoms with Crippen molar-refractivity contribution in [3.8, 4) is 0 Å². The van der Waals surface area contributed by atoms with Gasteiger partial charge in [0.15, 0.2) is 0 Å². The Labute approximate surface area is 136 Å². The smallest absolute Gasteiger partial charge is 0.227 e. The van der Waals surface area contributed by atoms with E-state index in [1.165, 1.54) is 0 Å². The molecule has 2 aromatic rings. The number of aromatic nitrogens is 3. The first-order valence-corrected chi connectivity index (χ1v) is 8.10. The molecular weight excluding hydrogens is 290 g/mol. The summed E-state index contributed by atoms with van der Waals surface area (Å²) in [5.41, 5.74) is 2.06. The molecule has 0 aromatic carbocycles. The van der Waals surface area contributed by atoms with Crippen LogP contribution in [0.4, 0.5) is 0 Å². The minimum absolute atomic E-state index is 0.189. The number of aromatic amines is 1. The number of hydrogen-bond donors (Lipinski definition) is 1. The Morgan fingerprint density at radius 3 is 2.91 bits per heavy atom. The lowest BCUT2D eigenvalue weighted by Crippen LogP contribution is -2.36. The maximum absolute atomic E-state index is 12.4. The molecule has 0 atom stereocenters. The molecule has 0 spiro atoms. The molecule has 0 aliphatic carbocycles. The van der Waals surface area contributed by atoms with Crippen molar-refractivity contribution in [3.05, 3.63) is 47.8 Å². The van der Waals surface area contributed by atoms with Gasteiger partial charge >= 0.3 is 0 Å². The van der Waals surface area contributed by atoms with Crippen molar-refractivity contribution in [3.63, 3.8) is 0 Å². The highest BCUT2D eigenvalue weighted by Gasteiger charge is 2.19. The van der Waals surface area contributed by atoms with E-state index in [0.29, 0.717) is 6.42 Å². The zero-order valence-electron chi connectivity index (χ0n) is 13.5. The monoisotopic (exact) mass is 313 g/mol. The van der Waals surface area contributed by atoms with Crippen molar-refractivity contribution < 1.29 is 4.79 Å². The molecule has 3 heterocycles. The Balaban J connectivity index is 1.52. The van der Waals surface area contributed by atoms with E-state index in [1.807, 2.05) is 30.2 Å². The zero-order chi connectivity index (χ0) is 16.1. The molecular formula is C17H23N5O. The van der Waals surface area contributed by atoms with Crippen LogP contribution in [-0.4, -0.2) is 56.8 Å². The Bertz CT molecular complexity index is 639. The number of H-pyrrole nitrogens is 1. The highest BCUT2D eigenvalue weighted by atomic mass is 16.2. The van der Waals surface area contributed by atoms with Crippen LogP contribution in [-0.2, 0) is 17.8 Å². The molecule has 6 nitrogen and oxygen atoms in total. The molecule has 1 aliphatic heterocycles. The Kier molecular flexibility index (Phi) is 5.02. The Hall–Kier alpha value is -2.21. The summed E-state index contributed by atoms with van der Waals surface area (Å²) < 4.78 is 0. The lowest BCUT2D eigenvalue weighted by molar-refractivity contribution is -0.130. The molecule has 6 heteroatoms. The van der Waals surface area contributed by atoms with Crippen molar-refractivity contribution >= 4 is 5.91 Å². The van der Waals surface area contributed by atoms with E-state index in [0.717, 1.165) is 56.2 Å². The summed E-state index contributed by atoms with van der Waals surface area (Å²) >= 11 is 0. The van der Waals surface area contributed by atoms with Crippen LogP contribution < -0.4 is 0 Å². The number of rotatable bonds is 4. The fourth-order valence-corrected chi connectivity index (χ4v) is 2.93. The first-order valence-electron chi connectivity index (χ1n) is 8.10. The maximum Gasteiger partial charge on any atom is 0.227 e. The van der Waals surface area contributed by atoms with E-state index in [4.69, 9.17) is 0 Å². The molecule has 1 saturated heterocycles. The van der Waals surface area contributed by atoms with E-state index in [2.05, 4.69) is 19.9 Å². The summed E-state index contributed by atoms with van der Waals surface area (Å²) in [6.07, 6.45) is 6.79. The van der Waals surface area contributed by atoms with Gasteiger partial charge in [-0.05, 0) is 25.0 Å². The van der Waals surface area contributed by atoms with Gasteiger partial charge in [0.05, 0.1) is 13.0 Å². The minimum atomic E-state index is 0.189. The van der Waals surface area contributed by atoms with Crippen LogP contribution in [0.5, 0.6) is 0 Å². The number of nitrogens with one attached hydrogen (secondary N) is 1. The van der Waals surface area contributed by atoms with Crippen LogP contribution in [0.3, 0.4) is 0 Å². The van der Waals surface area contributed by atoms with Gasteiger partial charge in [0, 0.05) is 50.5 Å². The van der Waals surface area contributed by atoms with Gasteiger partial charge in [-0.3, -0.25) is 14.7 Å². The van der Waals surface area contributed by atoms with E-state index >= 15 is 0 Å². The molecule has 0 radical (unpaired) electrons. The van der Waals surface area contributed by atoms with Crippen LogP contribution >= 0.6 is 0 Å². The fraction of sp³-hybridized carbons (Fsp3) is 0.471. The normalized spacial score (nSPS) is 16.3. The number of pyridine rings is 1. The largest absolute Gasteiger partial charge is 0.345 e. The lowest BCUT2D eigenvalue weighted by Gasteiger charge is -2.21. The molecule has 122 valence electrons. The molecule has 0 unspecified atom stereocenters. The van der Waals surface area contributed by atoms with Crippen LogP contribution in [0.15, 0.2) is 30.7 Å². The van der Waals surface area contributed by atoms with Gasteiger partial charge in [0.2, 0.25) is 5.91 Å². The Morgan fingerprint density at radius 1 is 1.26 bits per heavy atom. The van der Waals surface area contributed by atoms with Gasteiger partial charge in [-0.1, -0.05) is 6.07 Å². The molecule has 0 bridgehead atoms. The highest BCUT2D eigenvalue weighted by molar-refractivity contribution is 5.78. The van der Waals surface area contributed by atoms with E-state index in [-0.39, 0.29) is 5.91 Å². The third kappa shape index (κ3) is 4.39. The predicted molar refractivity (Wildman–Crippen MR) is 87.7 cm³/mol. The molecule has 3 rings (SSSR count). The molecule has 1 fully saturated rings. The number of amides is 1. The standard InChI is InChI=1S/C17H23N5O/c1-14-11-19-16(20-14)13-21-6-3-7-22(9-8-21)17(23)10-15-4-2-5-18-12-15/h2,4-5,11-12H,3,6-10,13H2,1H3,(H,19,20). The average Bonchev–Trinajstić information content (AvgIpc) is 2.82. The third-order valence-electron chi connectivity index (χ3n) is 4.15. The minimum Gasteiger partial charge on any atom is -0.345 e. The maximum atomic E-state index is 12.4. The molecule has 1 aliphatic rings. The summed E-state index contributed by atoms with van der Waals surface area (Å²) in [6.45, 7) is 6.32. The number of carbonyl (C=O) groups excluding carboxylic acids is 1. The van der Waals surface area contributed by atoms with Crippen molar-refractivity contribution in [1.29, 1.82) is 0 Å². The summed E-state index contributed by atoms with van der Waals surface area (Å²) in [5.74, 6) is 1.19. The number of aryl methyl sites for hydroxylation is 1. The average molecular weight is 313 g/mol. The summed E-state index contributed by atoms with van der Waals surface area (Å²) in [7, 11) is 0. The van der Waals surface area contributed by atoms with E-state index in [9.17, 15) is 4.79 Å². The molecule has 23 heavy (non-hydrogen) atoms. The van der Waals surface area contributed by atoms with Crippen molar-refractivity contribution in [2.45, 2.75) is 26.3 Å². The van der Waals surface area contributed by atoms with Crippen molar-refractivity contribution in [2.75, 3.05) is 26.2 Å². The molecule has 2 aromatic heterocycles. The van der Waals surface area contributed by atoms with Gasteiger partial charge in [0.25, 0.3) is 0 Å². The second-order valence-corrected chi connectivity index (χ2v) is 6.06. The van der Waals surface area contributed by atoms with Gasteiger partial charge < -0.3 is 9.88 Å². The van der Waals surface area contributed by atoms with Crippen LogP contribution in [0.2, 0.25) is 0 Å². The number of carbonyl (C=O) groups is 1. The summed E-state index contributed by atoms with van der Waals surface area (Å²) in [5, 5.41) is 0. The second kappa shape index (κ2) is 7.37. The molecule has 0 saturated carbocycles. The lowest BCUT2D eigenvalue weighted by atomic mass is 10.2. The fourth-order valence-electron chi connectivity index (χ4n) is 2.93. The van der Waals surface area contributed by atoms with Crippen LogP contribution in [0.25, 0.3) is 0 Å².